The van der Waals surface area contributed by atoms with Crippen molar-refractivity contribution in [3.05, 3.63) is 0 Å². The quantitative estimate of drug-likeness (QED) is 0.515. The molecule has 0 saturated carbocycles. The molecule has 0 aliphatic heterocycles. The van der Waals surface area contributed by atoms with E-state index < -0.39 is 18.0 Å². The Labute approximate surface area is 113 Å². The summed E-state index contributed by atoms with van der Waals surface area (Å²) in [7, 11) is 0. The van der Waals surface area contributed by atoms with Crippen LogP contribution in [0.25, 0.3) is 0 Å². The molecule has 0 heterocycles. The predicted octanol–water partition coefficient (Wildman–Crippen LogP) is 0.454. The van der Waals surface area contributed by atoms with E-state index in [9.17, 15) is 14.4 Å². The Kier molecular flexibility index (Phi) is 8.32. The second kappa shape index (κ2) is 9.18. The lowest BCUT2D eigenvalue weighted by atomic mass is 10.1. The third-order valence-electron chi connectivity index (χ3n) is 2.31. The van der Waals surface area contributed by atoms with E-state index in [1.165, 1.54) is 0 Å². The van der Waals surface area contributed by atoms with E-state index in [4.69, 9.17) is 5.11 Å². The Hall–Kier alpha value is -1.79. The maximum atomic E-state index is 11.4. The Balaban J connectivity index is 4.06. The first kappa shape index (κ1) is 17.2. The van der Waals surface area contributed by atoms with Crippen molar-refractivity contribution in [3.8, 4) is 0 Å². The molecule has 0 spiro atoms. The Bertz CT molecular complexity index is 318. The molecule has 110 valence electrons. The average Bonchev–Trinajstić information content (AvgIpc) is 2.30. The smallest absolute Gasteiger partial charge is 0.326 e. The van der Waals surface area contributed by atoms with Crippen LogP contribution in [0.15, 0.2) is 0 Å². The van der Waals surface area contributed by atoms with Crippen molar-refractivity contribution < 1.29 is 19.5 Å². The number of rotatable bonds is 8. The Morgan fingerprint density at radius 3 is 2.26 bits per heavy atom. The highest BCUT2D eigenvalue weighted by atomic mass is 16.4. The van der Waals surface area contributed by atoms with Crippen LogP contribution < -0.4 is 16.0 Å². The van der Waals surface area contributed by atoms with E-state index in [1.54, 1.807) is 0 Å². The van der Waals surface area contributed by atoms with Crippen LogP contribution in [0.1, 0.15) is 40.0 Å². The summed E-state index contributed by atoms with van der Waals surface area (Å²) in [5.41, 5.74) is 0. The molecular formula is C12H23N3O4. The number of carboxylic acids is 1. The third kappa shape index (κ3) is 8.87. The lowest BCUT2D eigenvalue weighted by molar-refractivity contribution is -0.139. The minimum absolute atomic E-state index is 0.00585. The summed E-state index contributed by atoms with van der Waals surface area (Å²) in [5.74, 6) is -1.39. The number of carbonyl (C=O) groups excluding carboxylic acids is 2. The van der Waals surface area contributed by atoms with Crippen LogP contribution in [0, 0.1) is 0 Å². The van der Waals surface area contributed by atoms with Gasteiger partial charge >= 0.3 is 12.0 Å². The molecule has 0 bridgehead atoms. The van der Waals surface area contributed by atoms with Crippen LogP contribution in [0.4, 0.5) is 4.79 Å². The zero-order valence-electron chi connectivity index (χ0n) is 11.7. The van der Waals surface area contributed by atoms with E-state index in [1.807, 2.05) is 20.8 Å². The summed E-state index contributed by atoms with van der Waals surface area (Å²) in [4.78, 5) is 33.6. The number of unbranched alkanes of at least 4 members (excludes halogenated alkanes) is 1. The van der Waals surface area contributed by atoms with E-state index in [2.05, 4.69) is 16.0 Å². The minimum atomic E-state index is -1.07. The fourth-order valence-electron chi connectivity index (χ4n) is 1.41. The molecule has 0 fully saturated rings. The largest absolute Gasteiger partial charge is 0.480 e. The van der Waals surface area contributed by atoms with Crippen molar-refractivity contribution in [2.24, 2.45) is 0 Å². The summed E-state index contributed by atoms with van der Waals surface area (Å²) >= 11 is 0. The molecule has 0 aromatic carbocycles. The van der Waals surface area contributed by atoms with Crippen LogP contribution in [0.2, 0.25) is 0 Å². The molecule has 0 aromatic rings. The van der Waals surface area contributed by atoms with Crippen molar-refractivity contribution in [1.29, 1.82) is 0 Å². The maximum absolute atomic E-state index is 11.4. The van der Waals surface area contributed by atoms with Gasteiger partial charge in [-0.15, -0.1) is 0 Å². The lowest BCUT2D eigenvalue weighted by Gasteiger charge is -2.15. The van der Waals surface area contributed by atoms with E-state index in [-0.39, 0.29) is 18.5 Å². The molecule has 4 N–H and O–H groups in total. The first-order chi connectivity index (χ1) is 8.86. The molecule has 0 saturated heterocycles. The van der Waals surface area contributed by atoms with Gasteiger partial charge in [-0.25, -0.2) is 9.59 Å². The molecular weight excluding hydrogens is 250 g/mol. The number of urea groups is 1. The molecule has 0 unspecified atom stereocenters. The highest BCUT2D eigenvalue weighted by molar-refractivity contribution is 5.86. The number of nitrogens with one attached hydrogen (secondary N) is 3. The van der Waals surface area contributed by atoms with Crippen LogP contribution in [-0.2, 0) is 9.59 Å². The third-order valence-corrected chi connectivity index (χ3v) is 2.31. The van der Waals surface area contributed by atoms with Crippen molar-refractivity contribution in [3.63, 3.8) is 0 Å². The Morgan fingerprint density at radius 1 is 1.16 bits per heavy atom. The molecule has 0 aliphatic carbocycles. The van der Waals surface area contributed by atoms with Crippen LogP contribution in [0.5, 0.6) is 0 Å². The van der Waals surface area contributed by atoms with Crippen molar-refractivity contribution in [2.45, 2.75) is 52.1 Å². The normalized spacial score (nSPS) is 11.8. The van der Waals surface area contributed by atoms with Gasteiger partial charge in [-0.1, -0.05) is 19.8 Å². The zero-order chi connectivity index (χ0) is 14.8. The van der Waals surface area contributed by atoms with Gasteiger partial charge in [0.2, 0.25) is 5.91 Å². The van der Waals surface area contributed by atoms with Gasteiger partial charge in [-0.05, 0) is 20.3 Å². The molecule has 0 radical (unpaired) electrons. The first-order valence-electron chi connectivity index (χ1n) is 6.43. The predicted molar refractivity (Wildman–Crippen MR) is 70.8 cm³/mol. The van der Waals surface area contributed by atoms with Gasteiger partial charge < -0.3 is 21.1 Å². The van der Waals surface area contributed by atoms with Crippen LogP contribution in [-0.4, -0.2) is 41.6 Å². The van der Waals surface area contributed by atoms with Crippen molar-refractivity contribution in [1.82, 2.24) is 16.0 Å². The monoisotopic (exact) mass is 273 g/mol. The van der Waals surface area contributed by atoms with Crippen molar-refractivity contribution in [2.75, 3.05) is 6.54 Å². The van der Waals surface area contributed by atoms with Gasteiger partial charge in [-0.2, -0.15) is 0 Å². The van der Waals surface area contributed by atoms with Gasteiger partial charge in [0.25, 0.3) is 0 Å². The fraction of sp³-hybridized carbons (Fsp3) is 0.750. The molecule has 3 amide bonds. The highest BCUT2D eigenvalue weighted by Gasteiger charge is 2.19. The van der Waals surface area contributed by atoms with Gasteiger partial charge in [0.1, 0.15) is 6.04 Å². The standard InChI is InChI=1S/C12H23N3O4/c1-4-5-6-9(11(17)18)15-12(19)13-7-10(16)14-8(2)3/h8-9H,4-7H2,1-3H3,(H,14,16)(H,17,18)(H2,13,15,19)/t9-/m0/s1. The number of carbonyl (C=O) groups is 3. The SMILES string of the molecule is CCCC[C@H](NC(=O)NCC(=O)NC(C)C)C(=O)O. The second-order valence-corrected chi connectivity index (χ2v) is 4.58. The molecule has 7 nitrogen and oxygen atoms in total. The van der Waals surface area contributed by atoms with Gasteiger partial charge in [0.15, 0.2) is 0 Å². The van der Waals surface area contributed by atoms with Gasteiger partial charge in [0.05, 0.1) is 6.54 Å². The molecule has 1 atom stereocenters. The fourth-order valence-corrected chi connectivity index (χ4v) is 1.41. The number of carboxylic acid groups (broad SMARTS) is 1. The second-order valence-electron chi connectivity index (χ2n) is 4.58. The average molecular weight is 273 g/mol. The number of aliphatic carboxylic acids is 1. The maximum Gasteiger partial charge on any atom is 0.326 e. The molecule has 0 rings (SSSR count). The van der Waals surface area contributed by atoms with Crippen LogP contribution >= 0.6 is 0 Å². The summed E-state index contributed by atoms with van der Waals surface area (Å²) < 4.78 is 0. The van der Waals surface area contributed by atoms with Crippen LogP contribution in [0.3, 0.4) is 0 Å². The highest BCUT2D eigenvalue weighted by Crippen LogP contribution is 2.00. The summed E-state index contributed by atoms with van der Waals surface area (Å²) in [6, 6.07) is -1.58. The van der Waals surface area contributed by atoms with E-state index >= 15 is 0 Å². The zero-order valence-corrected chi connectivity index (χ0v) is 11.7. The Morgan fingerprint density at radius 2 is 1.79 bits per heavy atom. The lowest BCUT2D eigenvalue weighted by Crippen LogP contribution is -2.48. The topological polar surface area (TPSA) is 108 Å². The van der Waals surface area contributed by atoms with Gasteiger partial charge in [0, 0.05) is 6.04 Å². The summed E-state index contributed by atoms with van der Waals surface area (Å²) in [5, 5.41) is 16.2. The molecule has 19 heavy (non-hydrogen) atoms. The number of amides is 3. The van der Waals surface area contributed by atoms with E-state index in [0.29, 0.717) is 12.8 Å². The molecule has 0 aliphatic rings. The molecule has 7 heteroatoms. The van der Waals surface area contributed by atoms with Gasteiger partial charge in [-0.3, -0.25) is 4.79 Å². The minimum Gasteiger partial charge on any atom is -0.480 e. The van der Waals surface area contributed by atoms with Crippen molar-refractivity contribution >= 4 is 17.9 Å². The number of hydrogen-bond donors (Lipinski definition) is 4. The number of hydrogen-bond acceptors (Lipinski definition) is 3. The molecule has 0 aromatic heterocycles. The summed E-state index contributed by atoms with van der Waals surface area (Å²) in [6.45, 7) is 5.38. The van der Waals surface area contributed by atoms with E-state index in [0.717, 1.165) is 6.42 Å². The first-order valence-corrected chi connectivity index (χ1v) is 6.43. The summed E-state index contributed by atoms with van der Waals surface area (Å²) in [6.07, 6.45) is 1.94.